The fraction of sp³-hybridized carbons (Fsp3) is 0.0588. The zero-order valence-corrected chi connectivity index (χ0v) is 13.9. The molecule has 118 valence electrons. The van der Waals surface area contributed by atoms with Crippen molar-refractivity contribution in [1.82, 2.24) is 10.2 Å². The van der Waals surface area contributed by atoms with Crippen molar-refractivity contribution >= 4 is 22.9 Å². The summed E-state index contributed by atoms with van der Waals surface area (Å²) in [4.78, 5) is 1.02. The third-order valence-electron chi connectivity index (χ3n) is 3.91. The van der Waals surface area contributed by atoms with Crippen molar-refractivity contribution in [2.75, 3.05) is 0 Å². The van der Waals surface area contributed by atoms with E-state index in [0.29, 0.717) is 16.5 Å². The van der Waals surface area contributed by atoms with Gasteiger partial charge in [-0.25, -0.2) is 0 Å². The van der Waals surface area contributed by atoms with Crippen LogP contribution in [0.3, 0.4) is 0 Å². The Balaban J connectivity index is 1.95. The Morgan fingerprint density at radius 2 is 2.08 bits per heavy atom. The predicted molar refractivity (Wildman–Crippen MR) is 92.7 cm³/mol. The van der Waals surface area contributed by atoms with Crippen LogP contribution in [0.15, 0.2) is 53.2 Å². The van der Waals surface area contributed by atoms with E-state index in [1.54, 1.807) is 23.5 Å². The fourth-order valence-corrected chi connectivity index (χ4v) is 3.70. The van der Waals surface area contributed by atoms with Crippen LogP contribution in [0.4, 0.5) is 0 Å². The molecule has 0 fully saturated rings. The van der Waals surface area contributed by atoms with E-state index in [-0.39, 0.29) is 11.8 Å². The Hall–Kier alpha value is -2.75. The minimum atomic E-state index is -0.355. The molecule has 0 amide bonds. The maximum absolute atomic E-state index is 9.61. The summed E-state index contributed by atoms with van der Waals surface area (Å²) in [5.74, 6) is 0.121. The van der Waals surface area contributed by atoms with Crippen LogP contribution in [0, 0.1) is 11.3 Å². The summed E-state index contributed by atoms with van der Waals surface area (Å²) in [5, 5.41) is 19.5. The second-order valence-corrected chi connectivity index (χ2v) is 6.66. The highest BCUT2D eigenvalue weighted by Crippen LogP contribution is 2.46. The van der Waals surface area contributed by atoms with Gasteiger partial charge >= 0.3 is 0 Å². The summed E-state index contributed by atoms with van der Waals surface area (Å²) in [6.07, 6.45) is 0. The molecule has 3 heterocycles. The van der Waals surface area contributed by atoms with Crippen LogP contribution in [0.5, 0.6) is 5.88 Å². The number of ether oxygens (including phenoxy) is 1. The number of fused-ring (bicyclic) bond motifs is 1. The second-order valence-electron chi connectivity index (χ2n) is 5.27. The molecule has 3 N–H and O–H groups in total. The number of nitriles is 1. The van der Waals surface area contributed by atoms with E-state index >= 15 is 0 Å². The van der Waals surface area contributed by atoms with E-state index < -0.39 is 0 Å². The van der Waals surface area contributed by atoms with Crippen LogP contribution in [0.2, 0.25) is 5.02 Å². The number of H-pyrrole nitrogens is 1. The molecule has 1 aliphatic rings. The Labute approximate surface area is 146 Å². The molecule has 1 atom stereocenters. The molecule has 0 aliphatic carbocycles. The normalized spacial score (nSPS) is 16.4. The van der Waals surface area contributed by atoms with Crippen molar-refractivity contribution in [2.45, 2.75) is 5.92 Å². The Kier molecular flexibility index (Phi) is 3.53. The maximum Gasteiger partial charge on any atom is 0.244 e. The van der Waals surface area contributed by atoms with E-state index in [1.807, 2.05) is 29.6 Å². The number of nitrogens with two attached hydrogens (primary N) is 1. The standard InChI is InChI=1S/C17H11ClN4OS/c18-10-5-3-9(4-6-10)13-11(8-19)16(20)23-17-14(13)15(21-22-17)12-2-1-7-24-12/h1-7,13H,20H2,(H,21,22). The van der Waals surface area contributed by atoms with E-state index in [1.165, 1.54) is 0 Å². The summed E-state index contributed by atoms with van der Waals surface area (Å²) in [5.41, 5.74) is 8.86. The van der Waals surface area contributed by atoms with E-state index in [0.717, 1.165) is 21.7 Å². The summed E-state index contributed by atoms with van der Waals surface area (Å²) >= 11 is 7.58. The van der Waals surface area contributed by atoms with Crippen LogP contribution in [0.25, 0.3) is 10.6 Å². The second kappa shape index (κ2) is 5.71. The highest BCUT2D eigenvalue weighted by Gasteiger charge is 2.35. The first-order chi connectivity index (χ1) is 11.7. The van der Waals surface area contributed by atoms with Crippen LogP contribution in [-0.2, 0) is 0 Å². The first-order valence-corrected chi connectivity index (χ1v) is 8.40. The number of allylic oxidation sites excluding steroid dienone is 1. The molecule has 7 heteroatoms. The summed E-state index contributed by atoms with van der Waals surface area (Å²) in [6.45, 7) is 0. The number of nitrogens with one attached hydrogen (secondary N) is 1. The molecule has 4 rings (SSSR count). The van der Waals surface area contributed by atoms with E-state index in [2.05, 4.69) is 16.3 Å². The number of hydrogen-bond acceptors (Lipinski definition) is 5. The monoisotopic (exact) mass is 354 g/mol. The van der Waals surface area contributed by atoms with Crippen molar-refractivity contribution in [3.63, 3.8) is 0 Å². The molecule has 24 heavy (non-hydrogen) atoms. The molecular weight excluding hydrogens is 344 g/mol. The number of hydrogen-bond donors (Lipinski definition) is 2. The lowest BCUT2D eigenvalue weighted by atomic mass is 9.84. The van der Waals surface area contributed by atoms with E-state index in [9.17, 15) is 5.26 Å². The molecule has 3 aromatic rings. The Morgan fingerprint density at radius 3 is 2.75 bits per heavy atom. The van der Waals surface area contributed by atoms with Gasteiger partial charge in [0.1, 0.15) is 11.6 Å². The summed E-state index contributed by atoms with van der Waals surface area (Å²) < 4.78 is 5.56. The Morgan fingerprint density at radius 1 is 1.29 bits per heavy atom. The minimum Gasteiger partial charge on any atom is -0.420 e. The maximum atomic E-state index is 9.61. The zero-order valence-electron chi connectivity index (χ0n) is 12.3. The van der Waals surface area contributed by atoms with Gasteiger partial charge in [-0.15, -0.1) is 16.4 Å². The average molecular weight is 355 g/mol. The van der Waals surface area contributed by atoms with Gasteiger partial charge in [-0.1, -0.05) is 29.8 Å². The number of nitrogens with zero attached hydrogens (tertiary/aromatic N) is 2. The van der Waals surface area contributed by atoms with Gasteiger partial charge in [-0.05, 0) is 29.1 Å². The van der Waals surface area contributed by atoms with Gasteiger partial charge in [-0.3, -0.25) is 5.10 Å². The molecule has 5 nitrogen and oxygen atoms in total. The first-order valence-electron chi connectivity index (χ1n) is 7.14. The van der Waals surface area contributed by atoms with Gasteiger partial charge in [0.2, 0.25) is 11.8 Å². The lowest BCUT2D eigenvalue weighted by molar-refractivity contribution is 0.379. The van der Waals surface area contributed by atoms with Crippen molar-refractivity contribution in [3.05, 3.63) is 69.4 Å². The molecular formula is C17H11ClN4OS. The molecule has 0 bridgehead atoms. The van der Waals surface area contributed by atoms with Crippen LogP contribution >= 0.6 is 22.9 Å². The van der Waals surface area contributed by atoms with Gasteiger partial charge in [-0.2, -0.15) is 5.26 Å². The topological polar surface area (TPSA) is 87.7 Å². The van der Waals surface area contributed by atoms with Gasteiger partial charge < -0.3 is 10.5 Å². The van der Waals surface area contributed by atoms with Gasteiger partial charge in [0.25, 0.3) is 0 Å². The van der Waals surface area contributed by atoms with Crippen LogP contribution in [0.1, 0.15) is 17.0 Å². The Bertz CT molecular complexity index is 967. The van der Waals surface area contributed by atoms with Crippen molar-refractivity contribution in [2.24, 2.45) is 5.73 Å². The fourth-order valence-electron chi connectivity index (χ4n) is 2.84. The summed E-state index contributed by atoms with van der Waals surface area (Å²) in [6, 6.07) is 13.5. The minimum absolute atomic E-state index is 0.0779. The third kappa shape index (κ3) is 2.26. The van der Waals surface area contributed by atoms with Crippen LogP contribution in [-0.4, -0.2) is 10.2 Å². The van der Waals surface area contributed by atoms with Gasteiger partial charge in [0.15, 0.2) is 0 Å². The molecule has 0 radical (unpaired) electrons. The quantitative estimate of drug-likeness (QED) is 0.727. The number of rotatable bonds is 2. The number of aromatic nitrogens is 2. The highest BCUT2D eigenvalue weighted by molar-refractivity contribution is 7.13. The molecule has 0 spiro atoms. The summed E-state index contributed by atoms with van der Waals surface area (Å²) in [7, 11) is 0. The number of benzene rings is 1. The largest absolute Gasteiger partial charge is 0.420 e. The molecule has 1 aromatic carbocycles. The van der Waals surface area contributed by atoms with Crippen molar-refractivity contribution < 1.29 is 4.74 Å². The van der Waals surface area contributed by atoms with Crippen molar-refractivity contribution in [1.29, 1.82) is 5.26 Å². The molecule has 1 unspecified atom stereocenters. The lowest BCUT2D eigenvalue weighted by Crippen LogP contribution is -2.20. The predicted octanol–water partition coefficient (Wildman–Crippen LogP) is 4.01. The highest BCUT2D eigenvalue weighted by atomic mass is 35.5. The number of halogens is 1. The molecule has 0 saturated carbocycles. The first kappa shape index (κ1) is 14.8. The van der Waals surface area contributed by atoms with Crippen LogP contribution < -0.4 is 10.5 Å². The average Bonchev–Trinajstić information content (AvgIpc) is 3.23. The SMILES string of the molecule is N#CC1=C(N)Oc2n[nH]c(-c3cccs3)c2C1c1ccc(Cl)cc1. The molecule has 2 aromatic heterocycles. The van der Waals surface area contributed by atoms with Crippen molar-refractivity contribution in [3.8, 4) is 22.5 Å². The van der Waals surface area contributed by atoms with Gasteiger partial charge in [0, 0.05) is 5.02 Å². The number of aromatic amines is 1. The lowest BCUT2D eigenvalue weighted by Gasteiger charge is -2.23. The smallest absolute Gasteiger partial charge is 0.244 e. The van der Waals surface area contributed by atoms with Gasteiger partial charge in [0.05, 0.1) is 22.1 Å². The number of thiophene rings is 1. The molecule has 0 saturated heterocycles. The molecule has 1 aliphatic heterocycles. The third-order valence-corrected chi connectivity index (χ3v) is 5.05. The van der Waals surface area contributed by atoms with E-state index in [4.69, 9.17) is 22.1 Å². The zero-order chi connectivity index (χ0) is 16.7.